The van der Waals surface area contributed by atoms with Crippen LogP contribution in [0, 0.1) is 0 Å². The number of carbonyl (C=O) groups excluding carboxylic acids is 2. The van der Waals surface area contributed by atoms with Gasteiger partial charge in [-0.15, -0.1) is 0 Å². The van der Waals surface area contributed by atoms with Crippen molar-refractivity contribution in [1.82, 2.24) is 20.1 Å². The van der Waals surface area contributed by atoms with E-state index in [1.807, 2.05) is 12.1 Å². The minimum atomic E-state index is -0.151. The average molecular weight is 347 g/mol. The Hall–Kier alpha value is -2.19. The third-order valence-electron chi connectivity index (χ3n) is 4.62. The molecule has 3 rings (SSSR count). The number of anilines is 1. The number of piperazine rings is 1. The fourth-order valence-electron chi connectivity index (χ4n) is 3.07. The summed E-state index contributed by atoms with van der Waals surface area (Å²) in [5.74, 6) is -0.151. The topological polar surface area (TPSA) is 78.0 Å². The van der Waals surface area contributed by atoms with Gasteiger partial charge in [0.25, 0.3) is 5.91 Å². The number of nitrogens with zero attached hydrogens (tertiary/aromatic N) is 4. The molecule has 0 saturated carbocycles. The first-order valence-corrected chi connectivity index (χ1v) is 8.75. The minimum absolute atomic E-state index is 0.151. The number of rotatable bonds is 6. The molecule has 2 saturated heterocycles. The average Bonchev–Trinajstić information content (AvgIpc) is 2.69. The van der Waals surface area contributed by atoms with Gasteiger partial charge in [-0.05, 0) is 12.1 Å². The molecule has 8 nitrogen and oxygen atoms in total. The largest absolute Gasteiger partial charge is 0.379 e. The van der Waals surface area contributed by atoms with Gasteiger partial charge in [0.1, 0.15) is 5.69 Å². The second-order valence-electron chi connectivity index (χ2n) is 6.24. The number of hydrogen-bond donors (Lipinski definition) is 1. The van der Waals surface area contributed by atoms with Crippen LogP contribution in [0.15, 0.2) is 18.3 Å². The lowest BCUT2D eigenvalue weighted by Gasteiger charge is -2.34. The second-order valence-corrected chi connectivity index (χ2v) is 6.24. The summed E-state index contributed by atoms with van der Waals surface area (Å²) < 4.78 is 5.32. The Labute approximate surface area is 147 Å². The highest BCUT2D eigenvalue weighted by Crippen LogP contribution is 2.16. The van der Waals surface area contributed by atoms with E-state index < -0.39 is 0 Å². The van der Waals surface area contributed by atoms with E-state index in [0.29, 0.717) is 25.3 Å². The summed E-state index contributed by atoms with van der Waals surface area (Å²) in [6, 6.07) is 3.72. The van der Waals surface area contributed by atoms with Crippen molar-refractivity contribution < 1.29 is 14.3 Å². The lowest BCUT2D eigenvalue weighted by Crippen LogP contribution is -2.45. The van der Waals surface area contributed by atoms with Crippen LogP contribution in [0.1, 0.15) is 10.5 Å². The van der Waals surface area contributed by atoms with Crippen LogP contribution in [0.5, 0.6) is 0 Å². The number of nitrogens with one attached hydrogen (secondary N) is 1. The van der Waals surface area contributed by atoms with Gasteiger partial charge < -0.3 is 19.9 Å². The molecule has 2 fully saturated rings. The van der Waals surface area contributed by atoms with Crippen LogP contribution in [0.3, 0.4) is 0 Å². The molecule has 0 unspecified atom stereocenters. The van der Waals surface area contributed by atoms with Gasteiger partial charge >= 0.3 is 0 Å². The lowest BCUT2D eigenvalue weighted by atomic mass is 10.2. The van der Waals surface area contributed by atoms with Crippen LogP contribution in [-0.2, 0) is 9.53 Å². The summed E-state index contributed by atoms with van der Waals surface area (Å²) in [6.45, 7) is 7.70. The van der Waals surface area contributed by atoms with Gasteiger partial charge in [0.15, 0.2) is 0 Å². The molecule has 136 valence electrons. The Morgan fingerprint density at radius 1 is 1.20 bits per heavy atom. The Bertz CT molecular complexity index is 583. The van der Waals surface area contributed by atoms with Gasteiger partial charge in [-0.1, -0.05) is 0 Å². The van der Waals surface area contributed by atoms with Crippen molar-refractivity contribution >= 4 is 18.0 Å². The molecule has 0 aromatic carbocycles. The Morgan fingerprint density at radius 2 is 1.96 bits per heavy atom. The zero-order chi connectivity index (χ0) is 17.5. The molecular weight excluding hydrogens is 322 g/mol. The van der Waals surface area contributed by atoms with Crippen molar-refractivity contribution in [3.05, 3.63) is 24.0 Å². The Morgan fingerprint density at radius 3 is 2.68 bits per heavy atom. The van der Waals surface area contributed by atoms with Crippen molar-refractivity contribution in [2.45, 2.75) is 0 Å². The predicted molar refractivity (Wildman–Crippen MR) is 93.7 cm³/mol. The Balaban J connectivity index is 1.50. The van der Waals surface area contributed by atoms with Gasteiger partial charge in [0.05, 0.1) is 13.2 Å². The van der Waals surface area contributed by atoms with Gasteiger partial charge in [-0.3, -0.25) is 19.5 Å². The van der Waals surface area contributed by atoms with E-state index in [9.17, 15) is 9.59 Å². The molecule has 1 aromatic heterocycles. The summed E-state index contributed by atoms with van der Waals surface area (Å²) >= 11 is 0. The van der Waals surface area contributed by atoms with Gasteiger partial charge in [-0.2, -0.15) is 0 Å². The summed E-state index contributed by atoms with van der Waals surface area (Å²) in [5, 5.41) is 2.94. The molecule has 1 N–H and O–H groups in total. The van der Waals surface area contributed by atoms with Crippen molar-refractivity contribution in [2.75, 3.05) is 70.5 Å². The molecule has 2 amide bonds. The van der Waals surface area contributed by atoms with Crippen LogP contribution >= 0.6 is 0 Å². The van der Waals surface area contributed by atoms with Gasteiger partial charge in [-0.25, -0.2) is 0 Å². The molecule has 0 aliphatic carbocycles. The predicted octanol–water partition coefficient (Wildman–Crippen LogP) is -0.578. The molecule has 0 atom stereocenters. The maximum absolute atomic E-state index is 12.3. The van der Waals surface area contributed by atoms with E-state index in [1.54, 1.807) is 11.1 Å². The van der Waals surface area contributed by atoms with E-state index >= 15 is 0 Å². The maximum Gasteiger partial charge on any atom is 0.269 e. The normalized spacial score (nSPS) is 18.9. The molecular formula is C17H25N5O3. The molecule has 25 heavy (non-hydrogen) atoms. The molecule has 1 aromatic rings. The van der Waals surface area contributed by atoms with Crippen molar-refractivity contribution in [2.24, 2.45) is 0 Å². The van der Waals surface area contributed by atoms with Crippen LogP contribution < -0.4 is 10.2 Å². The number of amides is 2. The summed E-state index contributed by atoms with van der Waals surface area (Å²) in [6.07, 6.45) is 2.55. The SMILES string of the molecule is O=CN1CCN(c2ccnc(C(=O)NCCN3CCOCC3)c2)CC1. The summed E-state index contributed by atoms with van der Waals surface area (Å²) in [5.41, 5.74) is 1.40. The van der Waals surface area contributed by atoms with Crippen molar-refractivity contribution in [3.8, 4) is 0 Å². The first-order valence-electron chi connectivity index (χ1n) is 8.75. The van der Waals surface area contributed by atoms with Crippen LogP contribution in [0.25, 0.3) is 0 Å². The number of aromatic nitrogens is 1. The van der Waals surface area contributed by atoms with Crippen molar-refractivity contribution in [3.63, 3.8) is 0 Å². The quantitative estimate of drug-likeness (QED) is 0.694. The molecule has 2 aliphatic heterocycles. The third kappa shape index (κ3) is 4.90. The molecule has 2 aliphatic rings. The molecule has 8 heteroatoms. The van der Waals surface area contributed by atoms with Gasteiger partial charge in [0.2, 0.25) is 6.41 Å². The van der Waals surface area contributed by atoms with E-state index in [-0.39, 0.29) is 5.91 Å². The van der Waals surface area contributed by atoms with E-state index in [0.717, 1.165) is 58.0 Å². The Kier molecular flexibility index (Phi) is 6.19. The van der Waals surface area contributed by atoms with E-state index in [1.165, 1.54) is 0 Å². The van der Waals surface area contributed by atoms with Crippen molar-refractivity contribution in [1.29, 1.82) is 0 Å². The molecule has 0 bridgehead atoms. The number of pyridine rings is 1. The number of carbonyl (C=O) groups is 2. The number of hydrogen-bond acceptors (Lipinski definition) is 6. The monoisotopic (exact) mass is 347 g/mol. The maximum atomic E-state index is 12.3. The zero-order valence-electron chi connectivity index (χ0n) is 14.4. The second kappa shape index (κ2) is 8.77. The van der Waals surface area contributed by atoms with Crippen LogP contribution in [0.4, 0.5) is 5.69 Å². The minimum Gasteiger partial charge on any atom is -0.379 e. The van der Waals surface area contributed by atoms with Crippen LogP contribution in [0.2, 0.25) is 0 Å². The fraction of sp³-hybridized carbons (Fsp3) is 0.588. The smallest absolute Gasteiger partial charge is 0.269 e. The third-order valence-corrected chi connectivity index (χ3v) is 4.62. The van der Waals surface area contributed by atoms with Crippen LogP contribution in [-0.4, -0.2) is 92.7 Å². The summed E-state index contributed by atoms with van der Waals surface area (Å²) in [7, 11) is 0. The number of ether oxygens (including phenoxy) is 1. The number of morpholine rings is 1. The zero-order valence-corrected chi connectivity index (χ0v) is 14.4. The molecule has 0 spiro atoms. The van der Waals surface area contributed by atoms with E-state index in [4.69, 9.17) is 4.74 Å². The first-order chi connectivity index (χ1) is 12.3. The lowest BCUT2D eigenvalue weighted by molar-refractivity contribution is -0.118. The highest BCUT2D eigenvalue weighted by atomic mass is 16.5. The first kappa shape index (κ1) is 17.6. The fourth-order valence-corrected chi connectivity index (χ4v) is 3.07. The highest BCUT2D eigenvalue weighted by Gasteiger charge is 2.17. The molecule has 0 radical (unpaired) electrons. The summed E-state index contributed by atoms with van der Waals surface area (Å²) in [4.78, 5) is 33.5. The van der Waals surface area contributed by atoms with E-state index in [2.05, 4.69) is 20.1 Å². The highest BCUT2D eigenvalue weighted by molar-refractivity contribution is 5.93. The molecule has 3 heterocycles. The van der Waals surface area contributed by atoms with Gasteiger partial charge in [0, 0.05) is 64.2 Å². The standard InChI is InChI=1S/C17H25N5O3/c23-14-21-5-7-22(8-6-21)15-1-2-18-16(13-15)17(24)19-3-4-20-9-11-25-12-10-20/h1-2,13-14H,3-12H2,(H,19,24).